The summed E-state index contributed by atoms with van der Waals surface area (Å²) in [6.45, 7) is 2.10. The average Bonchev–Trinajstić information content (AvgIpc) is 2.66. The Bertz CT molecular complexity index is 289. The summed E-state index contributed by atoms with van der Waals surface area (Å²) in [4.78, 5) is 24.4. The Morgan fingerprint density at radius 3 is 2.80 bits per heavy atom. The molecule has 0 aromatic carbocycles. The third-order valence-corrected chi connectivity index (χ3v) is 3.25. The Hall–Kier alpha value is -0.970. The number of allylic oxidation sites excluding steroid dienone is 1. The zero-order valence-electron chi connectivity index (χ0n) is 8.86. The highest BCUT2D eigenvalue weighted by Gasteiger charge is 2.21. The van der Waals surface area contributed by atoms with Gasteiger partial charge in [0.2, 0.25) is 0 Å². The highest BCUT2D eigenvalue weighted by Crippen LogP contribution is 2.27. The summed E-state index contributed by atoms with van der Waals surface area (Å²) in [6, 6.07) is -0.501. The van der Waals surface area contributed by atoms with Gasteiger partial charge in [-0.3, -0.25) is 9.69 Å². The van der Waals surface area contributed by atoms with Gasteiger partial charge >= 0.3 is 6.03 Å². The largest absolute Gasteiger partial charge is 0.351 e. The molecule has 1 heterocycles. The molecule has 2 amide bonds. The third-order valence-electron chi connectivity index (χ3n) is 2.20. The van der Waals surface area contributed by atoms with Crippen LogP contribution in [-0.4, -0.2) is 22.6 Å². The Morgan fingerprint density at radius 2 is 2.27 bits per heavy atom. The van der Waals surface area contributed by atoms with Gasteiger partial charge in [0, 0.05) is 12.6 Å². The molecule has 0 bridgehead atoms. The lowest BCUT2D eigenvalue weighted by Crippen LogP contribution is -2.28. The summed E-state index contributed by atoms with van der Waals surface area (Å²) in [6.07, 6.45) is 5.22. The Balaban J connectivity index is 2.41. The van der Waals surface area contributed by atoms with Crippen LogP contribution in [0.25, 0.3) is 0 Å². The molecule has 0 unspecified atom stereocenters. The first-order valence-electron chi connectivity index (χ1n) is 5.09. The third kappa shape index (κ3) is 3.58. The van der Waals surface area contributed by atoms with E-state index in [9.17, 15) is 9.59 Å². The molecule has 0 aromatic heterocycles. The second-order valence-electron chi connectivity index (χ2n) is 3.46. The second kappa shape index (κ2) is 5.80. The minimum absolute atomic E-state index is 0.122. The predicted octanol–water partition coefficient (Wildman–Crippen LogP) is 2.06. The van der Waals surface area contributed by atoms with Gasteiger partial charge in [-0.15, -0.1) is 0 Å². The minimum atomic E-state index is -0.501. The van der Waals surface area contributed by atoms with Crippen molar-refractivity contribution in [3.63, 3.8) is 0 Å². The molecule has 0 saturated heterocycles. The summed E-state index contributed by atoms with van der Waals surface area (Å²) < 4.78 is 0. The minimum Gasteiger partial charge on any atom is -0.351 e. The summed E-state index contributed by atoms with van der Waals surface area (Å²) in [5.41, 5.74) is 5.10. The molecule has 0 radical (unpaired) electrons. The molecule has 0 aliphatic carbocycles. The molecule has 1 rings (SSSR count). The molecule has 0 saturated carbocycles. The number of hydrogen-bond donors (Lipinski definition) is 1. The predicted molar refractivity (Wildman–Crippen MR) is 61.1 cm³/mol. The van der Waals surface area contributed by atoms with E-state index in [4.69, 9.17) is 5.73 Å². The van der Waals surface area contributed by atoms with Crippen molar-refractivity contribution in [1.29, 1.82) is 0 Å². The zero-order valence-corrected chi connectivity index (χ0v) is 9.68. The molecule has 15 heavy (non-hydrogen) atoms. The van der Waals surface area contributed by atoms with Crippen LogP contribution in [0.4, 0.5) is 4.79 Å². The fourth-order valence-corrected chi connectivity index (χ4v) is 2.24. The van der Waals surface area contributed by atoms with Crippen molar-refractivity contribution in [3.8, 4) is 0 Å². The molecule has 0 spiro atoms. The fourth-order valence-electron chi connectivity index (χ4n) is 1.29. The lowest BCUT2D eigenvalue weighted by atomic mass is 10.1. The van der Waals surface area contributed by atoms with Gasteiger partial charge in [-0.05, 0) is 6.42 Å². The van der Waals surface area contributed by atoms with E-state index in [0.29, 0.717) is 17.2 Å². The van der Waals surface area contributed by atoms with Crippen molar-refractivity contribution in [2.24, 2.45) is 5.73 Å². The lowest BCUT2D eigenvalue weighted by Gasteiger charge is -2.05. The number of unbranched alkanes of at least 4 members (excludes halogenated alkanes) is 2. The van der Waals surface area contributed by atoms with Crippen LogP contribution in [0.1, 0.15) is 32.6 Å². The zero-order chi connectivity index (χ0) is 11.3. The van der Waals surface area contributed by atoms with Crippen LogP contribution in [0, 0.1) is 0 Å². The van der Waals surface area contributed by atoms with Crippen molar-refractivity contribution in [3.05, 3.63) is 11.1 Å². The SMILES string of the molecule is CCCCCC(=O)C1=CN(C(N)=O)CS1. The number of thioether (sulfide) groups is 1. The van der Waals surface area contributed by atoms with Crippen molar-refractivity contribution < 1.29 is 9.59 Å². The van der Waals surface area contributed by atoms with Crippen LogP contribution in [0.5, 0.6) is 0 Å². The molecule has 0 atom stereocenters. The summed E-state index contributed by atoms with van der Waals surface area (Å²) in [7, 11) is 0. The van der Waals surface area contributed by atoms with Gasteiger partial charge in [-0.2, -0.15) is 0 Å². The van der Waals surface area contributed by atoms with E-state index in [0.717, 1.165) is 19.3 Å². The maximum Gasteiger partial charge on any atom is 0.319 e. The first kappa shape index (κ1) is 12.1. The van der Waals surface area contributed by atoms with E-state index in [1.807, 2.05) is 0 Å². The highest BCUT2D eigenvalue weighted by molar-refractivity contribution is 8.04. The Labute approximate surface area is 93.9 Å². The van der Waals surface area contributed by atoms with E-state index in [2.05, 4.69) is 6.92 Å². The maximum absolute atomic E-state index is 11.6. The normalized spacial score (nSPS) is 15.3. The molecule has 1 aliphatic heterocycles. The molecular weight excluding hydrogens is 212 g/mol. The van der Waals surface area contributed by atoms with Gasteiger partial charge in [-0.25, -0.2) is 4.79 Å². The number of urea groups is 1. The van der Waals surface area contributed by atoms with E-state index in [-0.39, 0.29) is 5.78 Å². The first-order valence-corrected chi connectivity index (χ1v) is 6.07. The number of Topliss-reactive ketones (excluding diaryl/α,β-unsaturated/α-hetero) is 1. The van der Waals surface area contributed by atoms with Gasteiger partial charge in [-0.1, -0.05) is 31.5 Å². The second-order valence-corrected chi connectivity index (χ2v) is 4.44. The number of hydrogen-bond acceptors (Lipinski definition) is 3. The molecule has 1 aliphatic rings. The smallest absolute Gasteiger partial charge is 0.319 e. The van der Waals surface area contributed by atoms with E-state index >= 15 is 0 Å². The number of nitrogens with zero attached hydrogens (tertiary/aromatic N) is 1. The lowest BCUT2D eigenvalue weighted by molar-refractivity contribution is -0.115. The van der Waals surface area contributed by atoms with E-state index < -0.39 is 6.03 Å². The topological polar surface area (TPSA) is 63.4 Å². The molecule has 0 fully saturated rings. The number of nitrogens with two attached hydrogens (primary N) is 1. The number of amides is 2. The summed E-state index contributed by atoms with van der Waals surface area (Å²) in [5, 5.41) is 0. The standard InChI is InChI=1S/C10H16N2O2S/c1-2-3-4-5-8(13)9-6-12(7-15-9)10(11)14/h6H,2-5,7H2,1H3,(H2,11,14). The van der Waals surface area contributed by atoms with Crippen molar-refractivity contribution in [1.82, 2.24) is 4.90 Å². The van der Waals surface area contributed by atoms with Gasteiger partial charge in [0.25, 0.3) is 0 Å². The summed E-state index contributed by atoms with van der Waals surface area (Å²) in [5.74, 6) is 0.585. The fraction of sp³-hybridized carbons (Fsp3) is 0.600. The first-order chi connectivity index (χ1) is 7.15. The number of primary amides is 1. The van der Waals surface area contributed by atoms with Crippen LogP contribution >= 0.6 is 11.8 Å². The number of rotatable bonds is 5. The number of carbonyl (C=O) groups excluding carboxylic acids is 2. The van der Waals surface area contributed by atoms with Crippen molar-refractivity contribution in [2.45, 2.75) is 32.6 Å². The molecule has 84 valence electrons. The highest BCUT2D eigenvalue weighted by atomic mass is 32.2. The number of ketones is 1. The molecular formula is C10H16N2O2S. The van der Waals surface area contributed by atoms with Crippen LogP contribution in [-0.2, 0) is 4.79 Å². The maximum atomic E-state index is 11.6. The van der Waals surface area contributed by atoms with E-state index in [1.54, 1.807) is 6.20 Å². The van der Waals surface area contributed by atoms with Gasteiger partial charge in [0.1, 0.15) is 0 Å². The van der Waals surface area contributed by atoms with Gasteiger partial charge in [0.05, 0.1) is 10.8 Å². The van der Waals surface area contributed by atoms with Crippen LogP contribution in [0.3, 0.4) is 0 Å². The molecule has 0 aromatic rings. The van der Waals surface area contributed by atoms with Crippen LogP contribution < -0.4 is 5.73 Å². The number of carbonyl (C=O) groups is 2. The van der Waals surface area contributed by atoms with Gasteiger partial charge in [0.15, 0.2) is 5.78 Å². The summed E-state index contributed by atoms with van der Waals surface area (Å²) >= 11 is 1.38. The Morgan fingerprint density at radius 1 is 1.53 bits per heavy atom. The quantitative estimate of drug-likeness (QED) is 0.732. The van der Waals surface area contributed by atoms with Gasteiger partial charge < -0.3 is 5.73 Å². The average molecular weight is 228 g/mol. The van der Waals surface area contributed by atoms with Crippen LogP contribution in [0.15, 0.2) is 11.1 Å². The van der Waals surface area contributed by atoms with Crippen molar-refractivity contribution in [2.75, 3.05) is 5.88 Å². The molecule has 4 nitrogen and oxygen atoms in total. The molecule has 5 heteroatoms. The van der Waals surface area contributed by atoms with Crippen molar-refractivity contribution >= 4 is 23.6 Å². The van der Waals surface area contributed by atoms with Crippen LogP contribution in [0.2, 0.25) is 0 Å². The monoisotopic (exact) mass is 228 g/mol. The molecule has 2 N–H and O–H groups in total. The Kier molecular flexibility index (Phi) is 4.68. The van der Waals surface area contributed by atoms with E-state index in [1.165, 1.54) is 16.7 Å².